The zero-order valence-corrected chi connectivity index (χ0v) is 13.7. The lowest BCUT2D eigenvalue weighted by atomic mass is 9.95. The second-order valence-corrected chi connectivity index (χ2v) is 5.65. The van der Waals surface area contributed by atoms with Crippen LogP contribution >= 0.6 is 11.6 Å². The SMILES string of the molecule is CCc1cc(CC(CCl)Cc2ccccc2OC)n(C)n1. The van der Waals surface area contributed by atoms with Gasteiger partial charge in [-0.25, -0.2) is 0 Å². The molecule has 0 N–H and O–H groups in total. The normalized spacial score (nSPS) is 12.4. The van der Waals surface area contributed by atoms with Crippen LogP contribution in [0, 0.1) is 5.92 Å². The molecule has 1 heterocycles. The Kier molecular flexibility index (Phi) is 5.68. The van der Waals surface area contributed by atoms with Crippen molar-refractivity contribution < 1.29 is 4.74 Å². The van der Waals surface area contributed by atoms with Crippen molar-refractivity contribution in [2.24, 2.45) is 13.0 Å². The van der Waals surface area contributed by atoms with E-state index in [9.17, 15) is 0 Å². The van der Waals surface area contributed by atoms with Crippen molar-refractivity contribution in [3.63, 3.8) is 0 Å². The number of hydrogen-bond donors (Lipinski definition) is 0. The van der Waals surface area contributed by atoms with E-state index in [0.717, 1.165) is 30.7 Å². The van der Waals surface area contributed by atoms with Crippen LogP contribution in [0.25, 0.3) is 0 Å². The van der Waals surface area contributed by atoms with Crippen molar-refractivity contribution in [1.29, 1.82) is 0 Å². The highest BCUT2D eigenvalue weighted by atomic mass is 35.5. The van der Waals surface area contributed by atoms with Gasteiger partial charge in [0.05, 0.1) is 12.8 Å². The Bertz CT molecular complexity index is 580. The van der Waals surface area contributed by atoms with Gasteiger partial charge in [0.15, 0.2) is 0 Å². The Morgan fingerprint density at radius 3 is 2.67 bits per heavy atom. The minimum atomic E-state index is 0.378. The predicted molar refractivity (Wildman–Crippen MR) is 87.2 cm³/mol. The monoisotopic (exact) mass is 306 g/mol. The topological polar surface area (TPSA) is 27.1 Å². The molecule has 21 heavy (non-hydrogen) atoms. The van der Waals surface area contributed by atoms with Gasteiger partial charge in [-0.1, -0.05) is 25.1 Å². The molecule has 0 aliphatic carbocycles. The zero-order valence-electron chi connectivity index (χ0n) is 13.0. The Morgan fingerprint density at radius 1 is 1.29 bits per heavy atom. The van der Waals surface area contributed by atoms with Crippen molar-refractivity contribution >= 4 is 11.6 Å². The van der Waals surface area contributed by atoms with Gasteiger partial charge in [0.25, 0.3) is 0 Å². The molecule has 0 saturated heterocycles. The second-order valence-electron chi connectivity index (χ2n) is 5.34. The summed E-state index contributed by atoms with van der Waals surface area (Å²) >= 11 is 6.19. The molecule has 0 amide bonds. The quantitative estimate of drug-likeness (QED) is 0.730. The van der Waals surface area contributed by atoms with Gasteiger partial charge in [-0.3, -0.25) is 4.68 Å². The molecular weight excluding hydrogens is 284 g/mol. The van der Waals surface area contributed by atoms with E-state index in [-0.39, 0.29) is 0 Å². The van der Waals surface area contributed by atoms with E-state index < -0.39 is 0 Å². The fraction of sp³-hybridized carbons (Fsp3) is 0.471. The Hall–Kier alpha value is -1.48. The minimum Gasteiger partial charge on any atom is -0.496 e. The van der Waals surface area contributed by atoms with Crippen LogP contribution in [0.2, 0.25) is 0 Å². The molecule has 2 aromatic rings. The van der Waals surface area contributed by atoms with Gasteiger partial charge in [0, 0.05) is 18.6 Å². The van der Waals surface area contributed by atoms with E-state index >= 15 is 0 Å². The summed E-state index contributed by atoms with van der Waals surface area (Å²) in [6.45, 7) is 2.12. The summed E-state index contributed by atoms with van der Waals surface area (Å²) in [4.78, 5) is 0. The van der Waals surface area contributed by atoms with Gasteiger partial charge in [0.2, 0.25) is 0 Å². The molecule has 0 fully saturated rings. The van der Waals surface area contributed by atoms with Gasteiger partial charge < -0.3 is 4.74 Å². The maximum Gasteiger partial charge on any atom is 0.122 e. The summed E-state index contributed by atoms with van der Waals surface area (Å²) in [6.07, 6.45) is 2.82. The number of rotatable bonds is 7. The molecule has 4 heteroatoms. The van der Waals surface area contributed by atoms with Crippen LogP contribution < -0.4 is 4.74 Å². The predicted octanol–water partition coefficient (Wildman–Crippen LogP) is 3.63. The lowest BCUT2D eigenvalue weighted by molar-refractivity contribution is 0.405. The third-order valence-electron chi connectivity index (χ3n) is 3.81. The molecule has 3 nitrogen and oxygen atoms in total. The third-order valence-corrected chi connectivity index (χ3v) is 4.24. The van der Waals surface area contributed by atoms with Gasteiger partial charge in [-0.05, 0) is 42.9 Å². The van der Waals surface area contributed by atoms with Crippen LogP contribution in [-0.4, -0.2) is 22.8 Å². The summed E-state index contributed by atoms with van der Waals surface area (Å²) in [7, 11) is 3.71. The highest BCUT2D eigenvalue weighted by Gasteiger charge is 2.15. The van der Waals surface area contributed by atoms with E-state index in [1.54, 1.807) is 7.11 Å². The number of halogens is 1. The van der Waals surface area contributed by atoms with Crippen LogP contribution in [-0.2, 0) is 26.3 Å². The van der Waals surface area contributed by atoms with Crippen LogP contribution in [0.4, 0.5) is 0 Å². The highest BCUT2D eigenvalue weighted by molar-refractivity contribution is 6.18. The summed E-state index contributed by atoms with van der Waals surface area (Å²) in [5.41, 5.74) is 3.59. The number of alkyl halides is 1. The number of aryl methyl sites for hydroxylation is 2. The minimum absolute atomic E-state index is 0.378. The molecule has 1 atom stereocenters. The van der Waals surface area contributed by atoms with Crippen molar-refractivity contribution in [1.82, 2.24) is 9.78 Å². The number of hydrogen-bond acceptors (Lipinski definition) is 2. The van der Waals surface area contributed by atoms with Crippen LogP contribution in [0.5, 0.6) is 5.75 Å². The van der Waals surface area contributed by atoms with E-state index in [2.05, 4.69) is 24.2 Å². The van der Waals surface area contributed by atoms with E-state index in [1.807, 2.05) is 29.9 Å². The highest BCUT2D eigenvalue weighted by Crippen LogP contribution is 2.23. The number of ether oxygens (including phenoxy) is 1. The summed E-state index contributed by atoms with van der Waals surface area (Å²) in [5, 5.41) is 4.51. The smallest absolute Gasteiger partial charge is 0.122 e. The van der Waals surface area contributed by atoms with E-state index in [4.69, 9.17) is 16.3 Å². The molecule has 114 valence electrons. The second kappa shape index (κ2) is 7.51. The lowest BCUT2D eigenvalue weighted by Crippen LogP contribution is -2.13. The molecule has 0 aliphatic rings. The average molecular weight is 307 g/mol. The number of methoxy groups -OCH3 is 1. The first-order valence-corrected chi connectivity index (χ1v) is 7.91. The molecule has 1 aromatic carbocycles. The average Bonchev–Trinajstić information content (AvgIpc) is 2.87. The zero-order chi connectivity index (χ0) is 15.2. The number of benzene rings is 1. The lowest BCUT2D eigenvalue weighted by Gasteiger charge is -2.16. The summed E-state index contributed by atoms with van der Waals surface area (Å²) in [6, 6.07) is 10.3. The number of nitrogens with zero attached hydrogens (tertiary/aromatic N) is 2. The van der Waals surface area contributed by atoms with Crippen LogP contribution in [0.3, 0.4) is 0 Å². The van der Waals surface area contributed by atoms with E-state index in [0.29, 0.717) is 11.8 Å². The number of para-hydroxylation sites is 1. The molecule has 2 rings (SSSR count). The first-order chi connectivity index (χ1) is 10.2. The summed E-state index contributed by atoms with van der Waals surface area (Å²) in [5.74, 6) is 1.94. The molecule has 1 unspecified atom stereocenters. The fourth-order valence-corrected chi connectivity index (χ4v) is 2.81. The van der Waals surface area contributed by atoms with Gasteiger partial charge in [-0.15, -0.1) is 11.6 Å². The molecule has 0 saturated carbocycles. The molecule has 1 aromatic heterocycles. The van der Waals surface area contributed by atoms with Crippen LogP contribution in [0.1, 0.15) is 23.9 Å². The van der Waals surface area contributed by atoms with Gasteiger partial charge in [-0.2, -0.15) is 5.10 Å². The molecule has 0 bridgehead atoms. The standard InChI is InChI=1S/C17H23ClN2O/c1-4-15-11-16(20(2)19-15)10-13(12-18)9-14-7-5-6-8-17(14)21-3/h5-8,11,13H,4,9-10,12H2,1-3H3. The summed E-state index contributed by atoms with van der Waals surface area (Å²) < 4.78 is 7.40. The Morgan fingerprint density at radius 2 is 2.05 bits per heavy atom. The van der Waals surface area contributed by atoms with Crippen molar-refractivity contribution in [3.05, 3.63) is 47.3 Å². The maximum absolute atomic E-state index is 6.19. The Balaban J connectivity index is 2.11. The molecular formula is C17H23ClN2O. The first kappa shape index (κ1) is 15.9. The molecule has 0 spiro atoms. The van der Waals surface area contributed by atoms with Crippen LogP contribution in [0.15, 0.2) is 30.3 Å². The number of aromatic nitrogens is 2. The molecule has 0 radical (unpaired) electrons. The van der Waals surface area contributed by atoms with Crippen molar-refractivity contribution in [2.75, 3.05) is 13.0 Å². The van der Waals surface area contributed by atoms with Gasteiger partial charge in [0.1, 0.15) is 5.75 Å². The van der Waals surface area contributed by atoms with E-state index in [1.165, 1.54) is 11.3 Å². The largest absolute Gasteiger partial charge is 0.496 e. The van der Waals surface area contributed by atoms with Crippen molar-refractivity contribution in [3.8, 4) is 5.75 Å². The fourth-order valence-electron chi connectivity index (χ4n) is 2.59. The maximum atomic E-state index is 6.19. The van der Waals surface area contributed by atoms with Gasteiger partial charge >= 0.3 is 0 Å². The molecule has 0 aliphatic heterocycles. The van der Waals surface area contributed by atoms with Crippen molar-refractivity contribution in [2.45, 2.75) is 26.2 Å². The Labute approximate surface area is 131 Å². The third kappa shape index (κ3) is 4.01. The first-order valence-electron chi connectivity index (χ1n) is 7.37.